The quantitative estimate of drug-likeness (QED) is 0.461. The maximum Gasteiger partial charge on any atom is 0.0887 e. The predicted molar refractivity (Wildman–Crippen MR) is 130 cm³/mol. The van der Waals surface area contributed by atoms with E-state index in [1.54, 1.807) is 0 Å². The molecule has 31 heavy (non-hydrogen) atoms. The van der Waals surface area contributed by atoms with Crippen molar-refractivity contribution >= 4 is 0 Å². The van der Waals surface area contributed by atoms with Gasteiger partial charge in [-0.2, -0.15) is 0 Å². The van der Waals surface area contributed by atoms with Gasteiger partial charge < -0.3 is 10.2 Å². The molecular weight excluding hydrogens is 380 g/mol. The minimum atomic E-state index is -0.639. The lowest BCUT2D eigenvalue weighted by Crippen LogP contribution is -2.58. The van der Waals surface area contributed by atoms with Crippen molar-refractivity contribution in [3.63, 3.8) is 0 Å². The van der Waals surface area contributed by atoms with Crippen molar-refractivity contribution in [2.75, 3.05) is 0 Å². The van der Waals surface area contributed by atoms with Crippen molar-refractivity contribution in [3.8, 4) is 0 Å². The first kappa shape index (κ1) is 23.8. The van der Waals surface area contributed by atoms with Gasteiger partial charge in [-0.05, 0) is 84.9 Å². The summed E-state index contributed by atoms with van der Waals surface area (Å²) in [4.78, 5) is 0. The third kappa shape index (κ3) is 3.67. The van der Waals surface area contributed by atoms with Crippen molar-refractivity contribution in [2.45, 2.75) is 118 Å². The molecule has 0 saturated heterocycles. The molecule has 4 aliphatic rings. The van der Waals surface area contributed by atoms with Crippen molar-refractivity contribution in [3.05, 3.63) is 11.6 Å². The third-order valence-corrected chi connectivity index (χ3v) is 11.1. The average Bonchev–Trinajstić information content (AvgIpc) is 3.03. The van der Waals surface area contributed by atoms with E-state index in [1.807, 2.05) is 0 Å². The Morgan fingerprint density at radius 2 is 1.68 bits per heavy atom. The monoisotopic (exact) mass is 430 g/mol. The highest BCUT2D eigenvalue weighted by Gasteiger charge is 2.62. The van der Waals surface area contributed by atoms with Crippen LogP contribution in [-0.4, -0.2) is 22.4 Å². The van der Waals surface area contributed by atoms with E-state index in [2.05, 4.69) is 54.5 Å². The van der Waals surface area contributed by atoms with E-state index in [0.29, 0.717) is 11.3 Å². The molecule has 0 unspecified atom stereocenters. The predicted octanol–water partition coefficient (Wildman–Crippen LogP) is 7.00. The Morgan fingerprint density at radius 1 is 0.968 bits per heavy atom. The summed E-state index contributed by atoms with van der Waals surface area (Å²) in [6, 6.07) is 0. The molecule has 2 nitrogen and oxygen atoms in total. The largest absolute Gasteiger partial charge is 0.390 e. The van der Waals surface area contributed by atoms with Gasteiger partial charge in [-0.1, -0.05) is 79.4 Å². The van der Waals surface area contributed by atoms with E-state index in [1.165, 1.54) is 56.9 Å². The molecule has 2 N–H and O–H groups in total. The van der Waals surface area contributed by atoms with E-state index >= 15 is 0 Å². The molecule has 2 heteroatoms. The summed E-state index contributed by atoms with van der Waals surface area (Å²) >= 11 is 0. The van der Waals surface area contributed by atoms with E-state index in [0.717, 1.165) is 36.0 Å². The smallest absolute Gasteiger partial charge is 0.0887 e. The first-order valence-electron chi connectivity index (χ1n) is 13.5. The van der Waals surface area contributed by atoms with E-state index in [-0.39, 0.29) is 10.8 Å². The van der Waals surface area contributed by atoms with Gasteiger partial charge in [0.05, 0.1) is 12.2 Å². The summed E-state index contributed by atoms with van der Waals surface area (Å²) in [5.74, 6) is 4.83. The molecule has 0 aromatic carbocycles. The maximum absolute atomic E-state index is 10.8. The van der Waals surface area contributed by atoms with Gasteiger partial charge in [-0.25, -0.2) is 0 Å². The van der Waals surface area contributed by atoms with Gasteiger partial charge in [-0.3, -0.25) is 0 Å². The zero-order valence-electron chi connectivity index (χ0n) is 21.5. The lowest BCUT2D eigenvalue weighted by atomic mass is 9.44. The van der Waals surface area contributed by atoms with E-state index in [4.69, 9.17) is 0 Å². The standard InChI is InChI=1S/C29H50O2/c1-18(2)9-8-10-19(3)21-12-13-22-20-11-14-25-27(4,5)26(31)24(30)17-29(25,7)23(20)15-16-28(21,22)6/h14,18-24,26,30-31H,8-13,15-17H2,1-7H3/t19-,20+,21-,22+,23+,24-,26-,28-,29-/m1/s1. The van der Waals surface area contributed by atoms with Gasteiger partial charge in [0.2, 0.25) is 0 Å². The third-order valence-electron chi connectivity index (χ3n) is 11.1. The second-order valence-corrected chi connectivity index (χ2v) is 13.6. The van der Waals surface area contributed by atoms with Gasteiger partial charge in [-0.15, -0.1) is 0 Å². The van der Waals surface area contributed by atoms with Crippen LogP contribution in [-0.2, 0) is 0 Å². The first-order valence-corrected chi connectivity index (χ1v) is 13.5. The van der Waals surface area contributed by atoms with E-state index in [9.17, 15) is 10.2 Å². The fourth-order valence-electron chi connectivity index (χ4n) is 9.57. The van der Waals surface area contributed by atoms with Crippen molar-refractivity contribution in [1.29, 1.82) is 0 Å². The van der Waals surface area contributed by atoms with Crippen LogP contribution in [0.2, 0.25) is 0 Å². The molecule has 3 fully saturated rings. The molecule has 0 aromatic heterocycles. The van der Waals surface area contributed by atoms with Crippen LogP contribution in [0.4, 0.5) is 0 Å². The highest BCUT2D eigenvalue weighted by molar-refractivity contribution is 5.32. The molecule has 4 rings (SSSR count). The van der Waals surface area contributed by atoms with Gasteiger partial charge in [0.1, 0.15) is 0 Å². The average molecular weight is 431 g/mol. The van der Waals surface area contributed by atoms with Crippen LogP contribution in [0.1, 0.15) is 106 Å². The zero-order chi connectivity index (χ0) is 22.8. The Balaban J connectivity index is 1.56. The molecule has 0 bridgehead atoms. The highest BCUT2D eigenvalue weighted by Crippen LogP contribution is 2.69. The minimum Gasteiger partial charge on any atom is -0.390 e. The molecule has 178 valence electrons. The van der Waals surface area contributed by atoms with Crippen LogP contribution in [0.15, 0.2) is 11.6 Å². The van der Waals surface area contributed by atoms with Gasteiger partial charge in [0.15, 0.2) is 0 Å². The van der Waals surface area contributed by atoms with Crippen LogP contribution in [0.5, 0.6) is 0 Å². The second kappa shape index (κ2) is 8.15. The summed E-state index contributed by atoms with van der Waals surface area (Å²) in [7, 11) is 0. The SMILES string of the molecule is CC(C)CCC[C@@H](C)[C@H]1CC[C@H]2[C@@H]3CC=C4C(C)(C)[C@H](O)[C@H](O)C[C@]4(C)[C@H]3CC[C@]12C. The molecule has 0 aromatic rings. The van der Waals surface area contributed by atoms with Crippen LogP contribution >= 0.6 is 0 Å². The summed E-state index contributed by atoms with van der Waals surface area (Å²) < 4.78 is 0. The van der Waals surface area contributed by atoms with Gasteiger partial charge >= 0.3 is 0 Å². The van der Waals surface area contributed by atoms with Crippen molar-refractivity contribution in [1.82, 2.24) is 0 Å². The number of hydrogen-bond acceptors (Lipinski definition) is 2. The molecular formula is C29H50O2. The molecule has 0 heterocycles. The second-order valence-electron chi connectivity index (χ2n) is 13.6. The lowest BCUT2D eigenvalue weighted by Gasteiger charge is -2.62. The van der Waals surface area contributed by atoms with Crippen LogP contribution in [0.3, 0.4) is 0 Å². The number of fused-ring (bicyclic) bond motifs is 5. The molecule has 4 aliphatic carbocycles. The van der Waals surface area contributed by atoms with Crippen molar-refractivity contribution in [2.24, 2.45) is 51.8 Å². The topological polar surface area (TPSA) is 40.5 Å². The molecule has 0 aliphatic heterocycles. The molecule has 0 radical (unpaired) electrons. The number of allylic oxidation sites excluding steroid dienone is 1. The molecule has 9 atom stereocenters. The Hall–Kier alpha value is -0.340. The van der Waals surface area contributed by atoms with Gasteiger partial charge in [0, 0.05) is 5.41 Å². The van der Waals surface area contributed by atoms with Crippen LogP contribution in [0.25, 0.3) is 0 Å². The lowest BCUT2D eigenvalue weighted by molar-refractivity contribution is -0.126. The number of rotatable bonds is 5. The Labute approximate surface area is 192 Å². The number of aliphatic hydroxyl groups is 2. The number of aliphatic hydroxyl groups excluding tert-OH is 2. The van der Waals surface area contributed by atoms with Gasteiger partial charge in [0.25, 0.3) is 0 Å². The summed E-state index contributed by atoms with van der Waals surface area (Å²) in [6.45, 7) is 16.6. The first-order chi connectivity index (χ1) is 14.4. The Bertz CT molecular complexity index is 693. The van der Waals surface area contributed by atoms with Crippen molar-refractivity contribution < 1.29 is 10.2 Å². The maximum atomic E-state index is 10.8. The molecule has 0 amide bonds. The summed E-state index contributed by atoms with van der Waals surface area (Å²) in [5.41, 5.74) is 1.68. The molecule has 3 saturated carbocycles. The normalized spacial score (nSPS) is 47.4. The highest BCUT2D eigenvalue weighted by atomic mass is 16.3. The fraction of sp³-hybridized carbons (Fsp3) is 0.931. The van der Waals surface area contributed by atoms with E-state index < -0.39 is 12.2 Å². The number of hydrogen-bond donors (Lipinski definition) is 2. The minimum absolute atomic E-state index is 0.0490. The van der Waals surface area contributed by atoms with Crippen LogP contribution < -0.4 is 0 Å². The zero-order valence-corrected chi connectivity index (χ0v) is 21.5. The fourth-order valence-corrected chi connectivity index (χ4v) is 9.57. The summed E-state index contributed by atoms with van der Waals surface area (Å²) in [5, 5.41) is 21.6. The molecule has 0 spiro atoms. The van der Waals surface area contributed by atoms with Crippen LogP contribution in [0, 0.1) is 51.8 Å². The Morgan fingerprint density at radius 3 is 2.35 bits per heavy atom. The summed E-state index contributed by atoms with van der Waals surface area (Å²) in [6.07, 6.45) is 12.9. The Kier molecular flexibility index (Phi) is 6.26.